The average molecular weight is 351 g/mol. The molecule has 0 fully saturated rings. The third-order valence-electron chi connectivity index (χ3n) is 4.22. The molecule has 3 rings (SSSR count). The molecule has 1 atom stereocenters. The third-order valence-corrected chi connectivity index (χ3v) is 4.22. The first kappa shape index (κ1) is 17.6. The van der Waals surface area contributed by atoms with Crippen molar-refractivity contribution in [2.24, 2.45) is 0 Å². The van der Waals surface area contributed by atoms with E-state index in [9.17, 15) is 4.79 Å². The van der Waals surface area contributed by atoms with Gasteiger partial charge in [0.1, 0.15) is 11.7 Å². The van der Waals surface area contributed by atoms with E-state index in [0.717, 1.165) is 29.0 Å². The van der Waals surface area contributed by atoms with Gasteiger partial charge in [-0.15, -0.1) is 10.2 Å². The second-order valence-corrected chi connectivity index (χ2v) is 5.88. The van der Waals surface area contributed by atoms with Crippen LogP contribution in [0.5, 0.6) is 5.75 Å². The Morgan fingerprint density at radius 1 is 1.23 bits per heavy atom. The van der Waals surface area contributed by atoms with Gasteiger partial charge in [0.2, 0.25) is 5.91 Å². The fraction of sp³-hybridized carbons (Fsp3) is 0.263. The minimum atomic E-state index is -0.564. The highest BCUT2D eigenvalue weighted by molar-refractivity contribution is 5.96. The van der Waals surface area contributed by atoms with Gasteiger partial charge >= 0.3 is 0 Å². The first-order valence-electron chi connectivity index (χ1n) is 8.46. The minimum Gasteiger partial charge on any atom is -0.497 e. The van der Waals surface area contributed by atoms with Gasteiger partial charge in [-0.05, 0) is 42.2 Å². The molecule has 0 aliphatic heterocycles. The number of ether oxygens (including phenoxy) is 1. The molecule has 1 heterocycles. The number of para-hydroxylation sites is 1. The topological polar surface area (TPSA) is 92.8 Å². The minimum absolute atomic E-state index is 0.171. The van der Waals surface area contributed by atoms with Crippen LogP contribution in [0, 0.1) is 0 Å². The third kappa shape index (κ3) is 4.05. The van der Waals surface area contributed by atoms with Crippen LogP contribution in [0.1, 0.15) is 29.8 Å². The molecule has 0 saturated carbocycles. The maximum Gasteiger partial charge on any atom is 0.235 e. The molecule has 0 radical (unpaired) electrons. The number of H-pyrrole nitrogens is 1. The zero-order valence-electron chi connectivity index (χ0n) is 14.8. The molecule has 26 heavy (non-hydrogen) atoms. The van der Waals surface area contributed by atoms with E-state index in [2.05, 4.69) is 32.9 Å². The lowest BCUT2D eigenvalue weighted by molar-refractivity contribution is -0.117. The van der Waals surface area contributed by atoms with Crippen LogP contribution in [-0.4, -0.2) is 33.6 Å². The van der Waals surface area contributed by atoms with Gasteiger partial charge < -0.3 is 10.1 Å². The van der Waals surface area contributed by atoms with Crippen molar-refractivity contribution in [2.75, 3.05) is 12.4 Å². The van der Waals surface area contributed by atoms with Crippen molar-refractivity contribution in [2.45, 2.75) is 25.7 Å². The molecule has 7 heteroatoms. The van der Waals surface area contributed by atoms with Crippen molar-refractivity contribution in [3.05, 3.63) is 65.5 Å². The molecule has 2 N–H and O–H groups in total. The number of anilines is 1. The number of nitrogens with zero attached hydrogens (tertiary/aromatic N) is 3. The SMILES string of the molecule is CCc1ccccc1NC(=O)C(Cc1cccc(OC)c1)c1nn[nH]n1. The highest BCUT2D eigenvalue weighted by Crippen LogP contribution is 2.23. The number of rotatable bonds is 7. The Hall–Kier alpha value is -3.22. The van der Waals surface area contributed by atoms with Gasteiger partial charge in [0.05, 0.1) is 7.11 Å². The second-order valence-electron chi connectivity index (χ2n) is 5.88. The second kappa shape index (κ2) is 8.24. The molecule has 134 valence electrons. The molecule has 3 aromatic rings. The summed E-state index contributed by atoms with van der Waals surface area (Å²) in [6.07, 6.45) is 1.27. The molecule has 7 nitrogen and oxygen atoms in total. The highest BCUT2D eigenvalue weighted by Gasteiger charge is 2.26. The van der Waals surface area contributed by atoms with E-state index >= 15 is 0 Å². The molecule has 0 aliphatic rings. The predicted octanol–water partition coefficient (Wildman–Crippen LogP) is 2.74. The van der Waals surface area contributed by atoms with Crippen molar-refractivity contribution in [3.8, 4) is 5.75 Å². The summed E-state index contributed by atoms with van der Waals surface area (Å²) < 4.78 is 5.26. The van der Waals surface area contributed by atoms with E-state index in [-0.39, 0.29) is 5.91 Å². The number of tetrazole rings is 1. The number of aromatic amines is 1. The highest BCUT2D eigenvalue weighted by atomic mass is 16.5. The van der Waals surface area contributed by atoms with Crippen molar-refractivity contribution in [3.63, 3.8) is 0 Å². The molecule has 0 spiro atoms. The van der Waals surface area contributed by atoms with Crippen LogP contribution in [0.25, 0.3) is 0 Å². The van der Waals surface area contributed by atoms with Gasteiger partial charge in [0, 0.05) is 5.69 Å². The number of nitrogens with one attached hydrogen (secondary N) is 2. The van der Waals surface area contributed by atoms with Crippen LogP contribution in [0.2, 0.25) is 0 Å². The first-order valence-corrected chi connectivity index (χ1v) is 8.46. The number of aryl methyl sites for hydroxylation is 1. The average Bonchev–Trinajstić information content (AvgIpc) is 3.21. The monoisotopic (exact) mass is 351 g/mol. The Balaban J connectivity index is 1.85. The number of carbonyl (C=O) groups excluding carboxylic acids is 1. The van der Waals surface area contributed by atoms with E-state index in [1.54, 1.807) is 7.11 Å². The number of carbonyl (C=O) groups is 1. The zero-order valence-corrected chi connectivity index (χ0v) is 14.8. The van der Waals surface area contributed by atoms with Gasteiger partial charge in [-0.25, -0.2) is 0 Å². The summed E-state index contributed by atoms with van der Waals surface area (Å²) in [5.41, 5.74) is 2.84. The molecule has 1 unspecified atom stereocenters. The summed E-state index contributed by atoms with van der Waals surface area (Å²) in [5, 5.41) is 17.1. The first-order chi connectivity index (χ1) is 12.7. The number of aromatic nitrogens is 4. The predicted molar refractivity (Wildman–Crippen MR) is 98.1 cm³/mol. The van der Waals surface area contributed by atoms with Crippen molar-refractivity contribution < 1.29 is 9.53 Å². The molecule has 2 aromatic carbocycles. The number of methoxy groups -OCH3 is 1. The number of hydrogen-bond donors (Lipinski definition) is 2. The Kier molecular flexibility index (Phi) is 5.58. The summed E-state index contributed by atoms with van der Waals surface area (Å²) in [4.78, 5) is 13.0. The summed E-state index contributed by atoms with van der Waals surface area (Å²) in [6, 6.07) is 15.4. The van der Waals surface area contributed by atoms with Gasteiger partial charge in [-0.1, -0.05) is 42.5 Å². The fourth-order valence-corrected chi connectivity index (χ4v) is 2.82. The summed E-state index contributed by atoms with van der Waals surface area (Å²) in [6.45, 7) is 2.05. The molecule has 1 aromatic heterocycles. The Morgan fingerprint density at radius 3 is 2.81 bits per heavy atom. The summed E-state index contributed by atoms with van der Waals surface area (Å²) >= 11 is 0. The van der Waals surface area contributed by atoms with Crippen LogP contribution in [0.3, 0.4) is 0 Å². The summed E-state index contributed by atoms with van der Waals surface area (Å²) in [5.74, 6) is 0.367. The Bertz CT molecular complexity index is 864. The molecular formula is C19H21N5O2. The van der Waals surface area contributed by atoms with Gasteiger partial charge in [0.15, 0.2) is 5.82 Å². The number of amides is 1. The van der Waals surface area contributed by atoms with E-state index < -0.39 is 5.92 Å². The van der Waals surface area contributed by atoms with Crippen molar-refractivity contribution >= 4 is 11.6 Å². The standard InChI is InChI=1S/C19H21N5O2/c1-3-14-8-4-5-10-17(14)20-19(25)16(18-21-23-24-22-18)12-13-7-6-9-15(11-13)26-2/h4-11,16H,3,12H2,1-2H3,(H,20,25)(H,21,22,23,24). The molecular weight excluding hydrogens is 330 g/mol. The molecule has 1 amide bonds. The molecule has 0 aliphatic carbocycles. The smallest absolute Gasteiger partial charge is 0.235 e. The van der Waals surface area contributed by atoms with E-state index in [4.69, 9.17) is 4.74 Å². The van der Waals surface area contributed by atoms with Crippen LogP contribution in [0.15, 0.2) is 48.5 Å². The lowest BCUT2D eigenvalue weighted by Crippen LogP contribution is -2.24. The van der Waals surface area contributed by atoms with Crippen molar-refractivity contribution in [1.29, 1.82) is 0 Å². The van der Waals surface area contributed by atoms with Crippen LogP contribution < -0.4 is 10.1 Å². The number of benzene rings is 2. The molecule has 0 bridgehead atoms. The number of hydrogen-bond acceptors (Lipinski definition) is 5. The van der Waals surface area contributed by atoms with Gasteiger partial charge in [-0.2, -0.15) is 5.21 Å². The van der Waals surface area contributed by atoms with E-state index in [0.29, 0.717) is 12.2 Å². The van der Waals surface area contributed by atoms with Gasteiger partial charge in [0.25, 0.3) is 0 Å². The van der Waals surface area contributed by atoms with Gasteiger partial charge in [-0.3, -0.25) is 4.79 Å². The maximum absolute atomic E-state index is 13.0. The fourth-order valence-electron chi connectivity index (χ4n) is 2.82. The Morgan fingerprint density at radius 2 is 2.08 bits per heavy atom. The van der Waals surface area contributed by atoms with Crippen LogP contribution >= 0.6 is 0 Å². The van der Waals surface area contributed by atoms with E-state index in [1.807, 2.05) is 48.5 Å². The lowest BCUT2D eigenvalue weighted by Gasteiger charge is -2.16. The van der Waals surface area contributed by atoms with Crippen LogP contribution in [-0.2, 0) is 17.6 Å². The van der Waals surface area contributed by atoms with E-state index in [1.165, 1.54) is 0 Å². The quantitative estimate of drug-likeness (QED) is 0.683. The summed E-state index contributed by atoms with van der Waals surface area (Å²) in [7, 11) is 1.62. The maximum atomic E-state index is 13.0. The molecule has 0 saturated heterocycles. The largest absolute Gasteiger partial charge is 0.497 e. The van der Waals surface area contributed by atoms with Crippen LogP contribution in [0.4, 0.5) is 5.69 Å². The zero-order chi connectivity index (χ0) is 18.4. The normalized spacial score (nSPS) is 11.8. The Labute approximate surface area is 151 Å². The van der Waals surface area contributed by atoms with Crippen molar-refractivity contribution in [1.82, 2.24) is 20.6 Å². The lowest BCUT2D eigenvalue weighted by atomic mass is 9.97.